The van der Waals surface area contributed by atoms with Crippen LogP contribution in [0.15, 0.2) is 24.3 Å². The van der Waals surface area contributed by atoms with Gasteiger partial charge in [-0.15, -0.1) is 0 Å². The number of hydrogen-bond donors (Lipinski definition) is 0. The van der Waals surface area contributed by atoms with Crippen molar-refractivity contribution in [3.05, 3.63) is 29.8 Å². The molecule has 1 aromatic carbocycles. The van der Waals surface area contributed by atoms with E-state index in [-0.39, 0.29) is 5.41 Å². The Morgan fingerprint density at radius 1 is 1.11 bits per heavy atom. The van der Waals surface area contributed by atoms with Crippen LogP contribution in [0.3, 0.4) is 0 Å². The standard InChI is InChI=1S/C15H24N2S/c1-7-15(2,3)12-8-10-13(11-9-12)17(6)14(18)16(4)5/h8-11H,7H2,1-6H3. The number of thiocarbonyl (C=S) groups is 1. The van der Waals surface area contributed by atoms with Crippen LogP contribution < -0.4 is 4.90 Å². The number of anilines is 1. The maximum Gasteiger partial charge on any atom is 0.175 e. The van der Waals surface area contributed by atoms with Gasteiger partial charge < -0.3 is 9.80 Å². The maximum atomic E-state index is 5.36. The van der Waals surface area contributed by atoms with Crippen LogP contribution in [0.5, 0.6) is 0 Å². The van der Waals surface area contributed by atoms with Crippen LogP contribution in [-0.2, 0) is 5.41 Å². The first kappa shape index (κ1) is 15.0. The monoisotopic (exact) mass is 264 g/mol. The van der Waals surface area contributed by atoms with Crippen LogP contribution in [-0.4, -0.2) is 31.2 Å². The third-order valence-electron chi connectivity index (χ3n) is 3.59. The second-order valence-electron chi connectivity index (χ2n) is 5.52. The number of nitrogens with zero attached hydrogens (tertiary/aromatic N) is 2. The SMILES string of the molecule is CCC(C)(C)c1ccc(N(C)C(=S)N(C)C)cc1. The molecule has 100 valence electrons. The summed E-state index contributed by atoms with van der Waals surface area (Å²) >= 11 is 5.36. The van der Waals surface area contributed by atoms with Gasteiger partial charge in [-0.25, -0.2) is 0 Å². The van der Waals surface area contributed by atoms with Gasteiger partial charge in [0.1, 0.15) is 0 Å². The summed E-state index contributed by atoms with van der Waals surface area (Å²) < 4.78 is 0. The molecule has 0 heterocycles. The molecule has 0 fully saturated rings. The van der Waals surface area contributed by atoms with Gasteiger partial charge in [0.15, 0.2) is 5.11 Å². The van der Waals surface area contributed by atoms with E-state index in [0.717, 1.165) is 17.2 Å². The lowest BCUT2D eigenvalue weighted by atomic mass is 9.82. The van der Waals surface area contributed by atoms with E-state index < -0.39 is 0 Å². The summed E-state index contributed by atoms with van der Waals surface area (Å²) in [4.78, 5) is 3.97. The highest BCUT2D eigenvalue weighted by molar-refractivity contribution is 7.80. The molecule has 0 aliphatic heterocycles. The smallest absolute Gasteiger partial charge is 0.175 e. The predicted molar refractivity (Wildman–Crippen MR) is 84.4 cm³/mol. The fourth-order valence-electron chi connectivity index (χ4n) is 1.75. The molecule has 0 aliphatic carbocycles. The van der Waals surface area contributed by atoms with E-state index in [2.05, 4.69) is 45.0 Å². The zero-order chi connectivity index (χ0) is 13.9. The molecule has 0 unspecified atom stereocenters. The minimum absolute atomic E-state index is 0.235. The van der Waals surface area contributed by atoms with Crippen molar-refractivity contribution in [1.82, 2.24) is 4.90 Å². The van der Waals surface area contributed by atoms with E-state index in [4.69, 9.17) is 12.2 Å². The Kier molecular flexibility index (Phi) is 4.74. The first-order chi connectivity index (χ1) is 8.29. The van der Waals surface area contributed by atoms with Crippen molar-refractivity contribution in [3.8, 4) is 0 Å². The lowest BCUT2D eigenvalue weighted by molar-refractivity contribution is 0.506. The molecule has 0 aromatic heterocycles. The van der Waals surface area contributed by atoms with Gasteiger partial charge in [-0.05, 0) is 41.7 Å². The topological polar surface area (TPSA) is 6.48 Å². The van der Waals surface area contributed by atoms with Crippen LogP contribution in [0.1, 0.15) is 32.8 Å². The number of hydrogen-bond acceptors (Lipinski definition) is 1. The Morgan fingerprint density at radius 2 is 1.61 bits per heavy atom. The Bertz CT molecular complexity index is 407. The van der Waals surface area contributed by atoms with E-state index in [1.165, 1.54) is 5.56 Å². The Balaban J connectivity index is 2.93. The summed E-state index contributed by atoms with van der Waals surface area (Å²) in [5.74, 6) is 0. The quantitative estimate of drug-likeness (QED) is 0.769. The molecule has 0 radical (unpaired) electrons. The summed E-state index contributed by atoms with van der Waals surface area (Å²) in [6, 6.07) is 8.69. The summed E-state index contributed by atoms with van der Waals surface area (Å²) in [7, 11) is 5.93. The average Bonchev–Trinajstić information content (AvgIpc) is 2.37. The highest BCUT2D eigenvalue weighted by Gasteiger charge is 2.18. The lowest BCUT2D eigenvalue weighted by Gasteiger charge is -2.27. The fraction of sp³-hybridized carbons (Fsp3) is 0.533. The molecular weight excluding hydrogens is 240 g/mol. The third kappa shape index (κ3) is 3.22. The highest BCUT2D eigenvalue weighted by atomic mass is 32.1. The first-order valence-corrected chi connectivity index (χ1v) is 6.76. The fourth-order valence-corrected chi connectivity index (χ4v) is 1.86. The normalized spacial score (nSPS) is 11.2. The zero-order valence-electron chi connectivity index (χ0n) is 12.3. The van der Waals surface area contributed by atoms with Crippen molar-refractivity contribution in [2.24, 2.45) is 0 Å². The molecule has 0 bridgehead atoms. The molecule has 0 amide bonds. The summed E-state index contributed by atoms with van der Waals surface area (Å²) in [5, 5.41) is 0.817. The van der Waals surface area contributed by atoms with E-state index in [1.807, 2.05) is 30.9 Å². The molecule has 18 heavy (non-hydrogen) atoms. The molecule has 2 nitrogen and oxygen atoms in total. The Labute approximate surface area is 117 Å². The van der Waals surface area contributed by atoms with E-state index in [0.29, 0.717) is 0 Å². The predicted octanol–water partition coefficient (Wildman–Crippen LogP) is 3.66. The van der Waals surface area contributed by atoms with E-state index in [9.17, 15) is 0 Å². The minimum Gasteiger partial charge on any atom is -0.355 e. The Morgan fingerprint density at radius 3 is 2.00 bits per heavy atom. The Hall–Kier alpha value is -1.09. The van der Waals surface area contributed by atoms with Crippen LogP contribution in [0.25, 0.3) is 0 Å². The second-order valence-corrected chi connectivity index (χ2v) is 5.89. The summed E-state index contributed by atoms with van der Waals surface area (Å²) in [5.41, 5.74) is 2.74. The minimum atomic E-state index is 0.235. The van der Waals surface area contributed by atoms with E-state index >= 15 is 0 Å². The molecule has 0 saturated heterocycles. The third-order valence-corrected chi connectivity index (χ3v) is 4.23. The second kappa shape index (κ2) is 5.70. The molecule has 0 spiro atoms. The van der Waals surface area contributed by atoms with Crippen molar-refractivity contribution in [2.75, 3.05) is 26.0 Å². The van der Waals surface area contributed by atoms with Gasteiger partial charge in [-0.1, -0.05) is 32.9 Å². The lowest BCUT2D eigenvalue weighted by Crippen LogP contribution is -2.36. The van der Waals surface area contributed by atoms with E-state index in [1.54, 1.807) is 0 Å². The van der Waals surface area contributed by atoms with Crippen LogP contribution >= 0.6 is 12.2 Å². The molecule has 0 N–H and O–H groups in total. The zero-order valence-corrected chi connectivity index (χ0v) is 13.1. The van der Waals surface area contributed by atoms with Gasteiger partial charge in [-0.3, -0.25) is 0 Å². The molecule has 0 saturated carbocycles. The van der Waals surface area contributed by atoms with Gasteiger partial charge in [0.05, 0.1) is 0 Å². The maximum absolute atomic E-state index is 5.36. The summed E-state index contributed by atoms with van der Waals surface area (Å²) in [6.45, 7) is 6.77. The van der Waals surface area contributed by atoms with Crippen molar-refractivity contribution in [3.63, 3.8) is 0 Å². The molecule has 1 aromatic rings. The first-order valence-electron chi connectivity index (χ1n) is 6.35. The van der Waals surface area contributed by atoms with Crippen molar-refractivity contribution in [1.29, 1.82) is 0 Å². The van der Waals surface area contributed by atoms with Gasteiger partial charge in [-0.2, -0.15) is 0 Å². The van der Waals surface area contributed by atoms with Crippen LogP contribution in [0.4, 0.5) is 5.69 Å². The largest absolute Gasteiger partial charge is 0.355 e. The van der Waals surface area contributed by atoms with Gasteiger partial charge in [0.2, 0.25) is 0 Å². The van der Waals surface area contributed by atoms with Crippen molar-refractivity contribution < 1.29 is 0 Å². The molecule has 0 aliphatic rings. The number of benzene rings is 1. The molecule has 0 atom stereocenters. The molecule has 3 heteroatoms. The highest BCUT2D eigenvalue weighted by Crippen LogP contribution is 2.28. The average molecular weight is 264 g/mol. The molecular formula is C15H24N2S. The van der Waals surface area contributed by atoms with Crippen LogP contribution in [0.2, 0.25) is 0 Å². The van der Waals surface area contributed by atoms with Gasteiger partial charge in [0.25, 0.3) is 0 Å². The van der Waals surface area contributed by atoms with Gasteiger partial charge >= 0.3 is 0 Å². The van der Waals surface area contributed by atoms with Crippen LogP contribution in [0, 0.1) is 0 Å². The molecule has 1 rings (SSSR count). The van der Waals surface area contributed by atoms with Gasteiger partial charge in [0, 0.05) is 26.8 Å². The summed E-state index contributed by atoms with van der Waals surface area (Å²) in [6.07, 6.45) is 1.14. The van der Waals surface area contributed by atoms with Crippen molar-refractivity contribution >= 4 is 23.0 Å². The number of rotatable bonds is 3. The van der Waals surface area contributed by atoms with Crippen molar-refractivity contribution in [2.45, 2.75) is 32.6 Å².